The number of nitrogens with zero attached hydrogens (tertiary/aromatic N) is 4. The molecule has 0 saturated carbocycles. The molecule has 0 aliphatic carbocycles. The van der Waals surface area contributed by atoms with Crippen LogP contribution < -0.4 is 10.6 Å². The van der Waals surface area contributed by atoms with Crippen molar-refractivity contribution in [3.63, 3.8) is 0 Å². The smallest absolute Gasteiger partial charge is 0.241 e. The summed E-state index contributed by atoms with van der Waals surface area (Å²) in [6.45, 7) is 2.35. The van der Waals surface area contributed by atoms with Crippen LogP contribution in [0.4, 0.5) is 5.82 Å². The molecule has 0 radical (unpaired) electrons. The molecule has 22 heavy (non-hydrogen) atoms. The van der Waals surface area contributed by atoms with E-state index < -0.39 is 0 Å². The number of amides is 2. The Balaban J connectivity index is 1.74. The van der Waals surface area contributed by atoms with Crippen LogP contribution in [-0.2, 0) is 22.6 Å². The average molecular weight is 302 g/mol. The average Bonchev–Trinajstić information content (AvgIpc) is 2.95. The number of hydrogen-bond donors (Lipinski definition) is 2. The van der Waals surface area contributed by atoms with E-state index in [-0.39, 0.29) is 18.4 Å². The first-order chi connectivity index (χ1) is 10.7. The summed E-state index contributed by atoms with van der Waals surface area (Å²) in [6.07, 6.45) is 6.07. The highest BCUT2D eigenvalue weighted by molar-refractivity contribution is 5.89. The molecule has 0 spiro atoms. The largest absolute Gasteiger partial charge is 0.354 e. The molecular weight excluding hydrogens is 284 g/mol. The van der Waals surface area contributed by atoms with Gasteiger partial charge in [0.15, 0.2) is 5.82 Å². The summed E-state index contributed by atoms with van der Waals surface area (Å²) < 4.78 is 1.38. The van der Waals surface area contributed by atoms with Crippen molar-refractivity contribution in [2.45, 2.75) is 26.3 Å². The van der Waals surface area contributed by atoms with Gasteiger partial charge in [-0.25, -0.2) is 4.68 Å². The fraction of sp³-hybridized carbons (Fsp3) is 0.357. The Hall–Kier alpha value is -2.77. The van der Waals surface area contributed by atoms with Crippen molar-refractivity contribution < 1.29 is 9.59 Å². The molecule has 2 aromatic heterocycles. The van der Waals surface area contributed by atoms with Gasteiger partial charge in [-0.05, 0) is 24.1 Å². The molecule has 0 fully saturated rings. The van der Waals surface area contributed by atoms with Crippen molar-refractivity contribution in [3.8, 4) is 0 Å². The predicted octanol–water partition coefficient (Wildman–Crippen LogP) is 0.380. The summed E-state index contributed by atoms with van der Waals surface area (Å²) in [5.74, 6) is 0.0395. The Bertz CT molecular complexity index is 625. The SMILES string of the molecule is CCC(=O)Nc1cn(CC(=O)NCCc2ccncc2)nn1. The Morgan fingerprint density at radius 1 is 1.23 bits per heavy atom. The van der Waals surface area contributed by atoms with E-state index in [2.05, 4.69) is 25.9 Å². The topological polar surface area (TPSA) is 102 Å². The van der Waals surface area contributed by atoms with E-state index in [9.17, 15) is 9.59 Å². The highest BCUT2D eigenvalue weighted by atomic mass is 16.2. The van der Waals surface area contributed by atoms with Gasteiger partial charge in [-0.2, -0.15) is 0 Å². The summed E-state index contributed by atoms with van der Waals surface area (Å²) in [7, 11) is 0. The number of anilines is 1. The number of carbonyl (C=O) groups excluding carboxylic acids is 2. The second-order valence-electron chi connectivity index (χ2n) is 4.66. The fourth-order valence-electron chi connectivity index (χ4n) is 1.76. The van der Waals surface area contributed by atoms with Crippen molar-refractivity contribution in [1.29, 1.82) is 0 Å². The molecule has 0 aromatic carbocycles. The van der Waals surface area contributed by atoms with Crippen LogP contribution in [-0.4, -0.2) is 38.3 Å². The Morgan fingerprint density at radius 2 is 2.00 bits per heavy atom. The third-order valence-corrected chi connectivity index (χ3v) is 2.92. The van der Waals surface area contributed by atoms with Crippen LogP contribution in [0, 0.1) is 0 Å². The van der Waals surface area contributed by atoms with Crippen LogP contribution >= 0.6 is 0 Å². The van der Waals surface area contributed by atoms with Gasteiger partial charge >= 0.3 is 0 Å². The summed E-state index contributed by atoms with van der Waals surface area (Å²) >= 11 is 0. The van der Waals surface area contributed by atoms with Crippen LogP contribution in [0.5, 0.6) is 0 Å². The van der Waals surface area contributed by atoms with Gasteiger partial charge in [0.25, 0.3) is 0 Å². The normalized spacial score (nSPS) is 10.2. The molecule has 8 nitrogen and oxygen atoms in total. The molecule has 0 unspecified atom stereocenters. The van der Waals surface area contributed by atoms with E-state index in [4.69, 9.17) is 0 Å². The van der Waals surface area contributed by atoms with Gasteiger partial charge in [-0.1, -0.05) is 12.1 Å². The summed E-state index contributed by atoms with van der Waals surface area (Å²) in [5, 5.41) is 13.0. The molecule has 0 aliphatic heterocycles. The fourth-order valence-corrected chi connectivity index (χ4v) is 1.76. The molecule has 0 bridgehead atoms. The zero-order chi connectivity index (χ0) is 15.8. The van der Waals surface area contributed by atoms with Crippen molar-refractivity contribution in [3.05, 3.63) is 36.3 Å². The number of pyridine rings is 1. The molecule has 2 heterocycles. The maximum Gasteiger partial charge on any atom is 0.241 e. The zero-order valence-corrected chi connectivity index (χ0v) is 12.3. The summed E-state index contributed by atoms with van der Waals surface area (Å²) in [6, 6.07) is 3.82. The van der Waals surface area contributed by atoms with Crippen molar-refractivity contribution in [2.24, 2.45) is 0 Å². The molecule has 116 valence electrons. The minimum Gasteiger partial charge on any atom is -0.354 e. The number of hydrogen-bond acceptors (Lipinski definition) is 5. The Morgan fingerprint density at radius 3 is 2.73 bits per heavy atom. The van der Waals surface area contributed by atoms with E-state index in [1.807, 2.05) is 12.1 Å². The standard InChI is InChI=1S/C14H18N6O2/c1-2-13(21)17-12-9-20(19-18-12)10-14(22)16-8-5-11-3-6-15-7-4-11/h3-4,6-7,9H,2,5,8,10H2,1H3,(H,16,22)(H,17,21). The maximum absolute atomic E-state index is 11.8. The lowest BCUT2D eigenvalue weighted by Crippen LogP contribution is -2.29. The van der Waals surface area contributed by atoms with Gasteiger partial charge in [0.05, 0.1) is 6.20 Å². The monoisotopic (exact) mass is 302 g/mol. The molecular formula is C14H18N6O2. The maximum atomic E-state index is 11.8. The first-order valence-electron chi connectivity index (χ1n) is 7.03. The zero-order valence-electron chi connectivity index (χ0n) is 12.3. The van der Waals surface area contributed by atoms with Gasteiger partial charge in [0.2, 0.25) is 11.8 Å². The van der Waals surface area contributed by atoms with E-state index in [0.29, 0.717) is 18.8 Å². The lowest BCUT2D eigenvalue weighted by molar-refractivity contribution is -0.121. The summed E-state index contributed by atoms with van der Waals surface area (Å²) in [4.78, 5) is 26.9. The number of carbonyl (C=O) groups is 2. The van der Waals surface area contributed by atoms with E-state index in [1.165, 1.54) is 10.9 Å². The second kappa shape index (κ2) is 7.87. The van der Waals surface area contributed by atoms with Gasteiger partial charge in [-0.3, -0.25) is 14.6 Å². The van der Waals surface area contributed by atoms with Gasteiger partial charge < -0.3 is 10.6 Å². The molecule has 8 heteroatoms. The van der Waals surface area contributed by atoms with Gasteiger partial charge in [-0.15, -0.1) is 5.10 Å². The van der Waals surface area contributed by atoms with Gasteiger partial charge in [0, 0.05) is 25.4 Å². The number of nitrogens with one attached hydrogen (secondary N) is 2. The van der Waals surface area contributed by atoms with Crippen LogP contribution in [0.1, 0.15) is 18.9 Å². The quantitative estimate of drug-likeness (QED) is 0.770. The highest BCUT2D eigenvalue weighted by Crippen LogP contribution is 2.00. The van der Waals surface area contributed by atoms with Gasteiger partial charge in [0.1, 0.15) is 6.54 Å². The lowest BCUT2D eigenvalue weighted by Gasteiger charge is -2.04. The van der Waals surface area contributed by atoms with Crippen LogP contribution in [0.25, 0.3) is 0 Å². The first-order valence-corrected chi connectivity index (χ1v) is 7.03. The van der Waals surface area contributed by atoms with E-state index in [0.717, 1.165) is 12.0 Å². The van der Waals surface area contributed by atoms with Crippen molar-refractivity contribution in [1.82, 2.24) is 25.3 Å². The lowest BCUT2D eigenvalue weighted by atomic mass is 10.2. The molecule has 0 saturated heterocycles. The van der Waals surface area contributed by atoms with Crippen LogP contribution in [0.3, 0.4) is 0 Å². The first kappa shape index (κ1) is 15.6. The molecule has 2 rings (SSSR count). The molecule has 0 aliphatic rings. The highest BCUT2D eigenvalue weighted by Gasteiger charge is 2.07. The summed E-state index contributed by atoms with van der Waals surface area (Å²) in [5.41, 5.74) is 1.11. The van der Waals surface area contributed by atoms with Crippen molar-refractivity contribution in [2.75, 3.05) is 11.9 Å². The van der Waals surface area contributed by atoms with Crippen LogP contribution in [0.15, 0.2) is 30.7 Å². The second-order valence-corrected chi connectivity index (χ2v) is 4.66. The predicted molar refractivity (Wildman–Crippen MR) is 79.9 cm³/mol. The third kappa shape index (κ3) is 4.97. The molecule has 2 amide bonds. The van der Waals surface area contributed by atoms with Crippen molar-refractivity contribution >= 4 is 17.6 Å². The number of rotatable bonds is 7. The number of aromatic nitrogens is 4. The third-order valence-electron chi connectivity index (χ3n) is 2.92. The van der Waals surface area contributed by atoms with Crippen LogP contribution in [0.2, 0.25) is 0 Å². The Kier molecular flexibility index (Phi) is 5.58. The molecule has 0 atom stereocenters. The van der Waals surface area contributed by atoms with E-state index in [1.54, 1.807) is 19.3 Å². The minimum atomic E-state index is -0.160. The minimum absolute atomic E-state index is 0.0609. The Labute approximate surface area is 127 Å². The molecule has 2 N–H and O–H groups in total. The van der Waals surface area contributed by atoms with E-state index >= 15 is 0 Å². The molecule has 2 aromatic rings.